The summed E-state index contributed by atoms with van der Waals surface area (Å²) in [6, 6.07) is 0. The lowest BCUT2D eigenvalue weighted by atomic mass is 9.95. The lowest BCUT2D eigenvalue weighted by molar-refractivity contribution is -0.142. The number of carboxylic acid groups (broad SMARTS) is 1. The highest BCUT2D eigenvalue weighted by atomic mass is 32.2. The molecule has 12 heavy (non-hydrogen) atoms. The summed E-state index contributed by atoms with van der Waals surface area (Å²) >= 11 is 1.71. The summed E-state index contributed by atoms with van der Waals surface area (Å²) in [6.07, 6.45) is 3.61. The summed E-state index contributed by atoms with van der Waals surface area (Å²) < 4.78 is 0. The Bertz CT molecular complexity index is 134. The molecule has 0 spiro atoms. The molecule has 0 aliphatic carbocycles. The Hall–Kier alpha value is -0.180. The largest absolute Gasteiger partial charge is 0.481 e. The first kappa shape index (κ1) is 11.8. The average molecular weight is 190 g/mol. The number of thioether (sulfide) groups is 1. The van der Waals surface area contributed by atoms with Crippen molar-refractivity contribution >= 4 is 17.7 Å². The second kappa shape index (κ2) is 6.35. The first-order chi connectivity index (χ1) is 5.57. The maximum absolute atomic E-state index is 10.7. The average Bonchev–Trinajstić information content (AvgIpc) is 1.96. The van der Waals surface area contributed by atoms with E-state index in [-0.39, 0.29) is 5.92 Å². The van der Waals surface area contributed by atoms with Crippen molar-refractivity contribution in [3.8, 4) is 0 Å². The minimum Gasteiger partial charge on any atom is -0.481 e. The molecular weight excluding hydrogens is 172 g/mol. The zero-order valence-corrected chi connectivity index (χ0v) is 8.86. The molecule has 1 N–H and O–H groups in total. The molecule has 0 saturated heterocycles. The smallest absolute Gasteiger partial charge is 0.306 e. The van der Waals surface area contributed by atoms with E-state index in [2.05, 4.69) is 13.8 Å². The van der Waals surface area contributed by atoms with Gasteiger partial charge in [-0.15, -0.1) is 0 Å². The zero-order valence-electron chi connectivity index (χ0n) is 8.04. The van der Waals surface area contributed by atoms with Crippen LogP contribution in [0.1, 0.15) is 26.7 Å². The van der Waals surface area contributed by atoms with Crippen molar-refractivity contribution < 1.29 is 9.90 Å². The van der Waals surface area contributed by atoms with Gasteiger partial charge in [-0.3, -0.25) is 4.79 Å². The van der Waals surface area contributed by atoms with Crippen molar-refractivity contribution in [1.82, 2.24) is 0 Å². The molecule has 1 atom stereocenters. The van der Waals surface area contributed by atoms with E-state index in [0.717, 1.165) is 18.6 Å². The maximum Gasteiger partial charge on any atom is 0.306 e. The van der Waals surface area contributed by atoms with E-state index in [1.165, 1.54) is 0 Å². The third kappa shape index (κ3) is 5.47. The summed E-state index contributed by atoms with van der Waals surface area (Å²) in [4.78, 5) is 10.7. The van der Waals surface area contributed by atoms with Crippen LogP contribution in [0.4, 0.5) is 0 Å². The van der Waals surface area contributed by atoms with Gasteiger partial charge in [0, 0.05) is 0 Å². The van der Waals surface area contributed by atoms with E-state index in [1.54, 1.807) is 11.8 Å². The summed E-state index contributed by atoms with van der Waals surface area (Å²) in [7, 11) is 0. The van der Waals surface area contributed by atoms with Gasteiger partial charge < -0.3 is 5.11 Å². The van der Waals surface area contributed by atoms with E-state index in [1.807, 2.05) is 6.26 Å². The summed E-state index contributed by atoms with van der Waals surface area (Å²) in [5.74, 6) is 0.645. The molecule has 0 aliphatic heterocycles. The summed E-state index contributed by atoms with van der Waals surface area (Å²) in [6.45, 7) is 4.13. The van der Waals surface area contributed by atoms with Gasteiger partial charge in [0.15, 0.2) is 0 Å². The number of carboxylic acids is 1. The molecule has 72 valence electrons. The highest BCUT2D eigenvalue weighted by molar-refractivity contribution is 7.98. The van der Waals surface area contributed by atoms with Gasteiger partial charge in [-0.25, -0.2) is 0 Å². The Kier molecular flexibility index (Phi) is 6.25. The molecule has 1 unspecified atom stereocenters. The van der Waals surface area contributed by atoms with E-state index >= 15 is 0 Å². The third-order valence-corrected chi connectivity index (χ3v) is 2.42. The number of hydrogen-bond acceptors (Lipinski definition) is 2. The lowest BCUT2D eigenvalue weighted by Gasteiger charge is -2.13. The van der Waals surface area contributed by atoms with Crippen molar-refractivity contribution in [3.05, 3.63) is 0 Å². The molecule has 0 heterocycles. The normalized spacial score (nSPS) is 13.3. The van der Waals surface area contributed by atoms with Crippen LogP contribution in [0.5, 0.6) is 0 Å². The Morgan fingerprint density at radius 3 is 2.42 bits per heavy atom. The number of rotatable bonds is 6. The Morgan fingerprint density at radius 2 is 2.08 bits per heavy atom. The predicted octanol–water partition coefficient (Wildman–Crippen LogP) is 2.49. The fourth-order valence-electron chi connectivity index (χ4n) is 1.17. The molecule has 3 heteroatoms. The van der Waals surface area contributed by atoms with Crippen LogP contribution in [0.2, 0.25) is 0 Å². The van der Waals surface area contributed by atoms with Gasteiger partial charge >= 0.3 is 5.97 Å². The first-order valence-corrected chi connectivity index (χ1v) is 5.69. The second-order valence-electron chi connectivity index (χ2n) is 3.45. The van der Waals surface area contributed by atoms with Crippen LogP contribution in [0, 0.1) is 11.8 Å². The monoisotopic (exact) mass is 190 g/mol. The van der Waals surface area contributed by atoms with Crippen molar-refractivity contribution in [2.24, 2.45) is 11.8 Å². The molecular formula is C9H18O2S. The number of carbonyl (C=O) groups is 1. The Labute approximate surface area is 78.7 Å². The molecule has 0 aliphatic rings. The van der Waals surface area contributed by atoms with Crippen LogP contribution in [0.25, 0.3) is 0 Å². The van der Waals surface area contributed by atoms with Gasteiger partial charge in [0.1, 0.15) is 0 Å². The van der Waals surface area contributed by atoms with E-state index in [9.17, 15) is 4.79 Å². The molecule has 2 nitrogen and oxygen atoms in total. The Morgan fingerprint density at radius 1 is 1.50 bits per heavy atom. The molecule has 0 saturated carbocycles. The van der Waals surface area contributed by atoms with Gasteiger partial charge in [-0.1, -0.05) is 13.8 Å². The van der Waals surface area contributed by atoms with E-state index in [0.29, 0.717) is 5.92 Å². The SMILES string of the molecule is CSCCC(CC(C)C)C(=O)O. The van der Waals surface area contributed by atoms with Crippen LogP contribution >= 0.6 is 11.8 Å². The van der Waals surface area contributed by atoms with Crippen LogP contribution in [-0.4, -0.2) is 23.1 Å². The molecule has 0 amide bonds. The van der Waals surface area contributed by atoms with Gasteiger partial charge in [0.25, 0.3) is 0 Å². The highest BCUT2D eigenvalue weighted by Gasteiger charge is 2.17. The predicted molar refractivity (Wildman–Crippen MR) is 53.6 cm³/mol. The first-order valence-electron chi connectivity index (χ1n) is 4.29. The Balaban J connectivity index is 3.78. The van der Waals surface area contributed by atoms with Crippen LogP contribution in [0.3, 0.4) is 0 Å². The van der Waals surface area contributed by atoms with Crippen LogP contribution in [0.15, 0.2) is 0 Å². The quantitative estimate of drug-likeness (QED) is 0.699. The molecule has 0 bridgehead atoms. The topological polar surface area (TPSA) is 37.3 Å². The number of aliphatic carboxylic acids is 1. The molecule has 0 aromatic heterocycles. The summed E-state index contributed by atoms with van der Waals surface area (Å²) in [5, 5.41) is 8.84. The summed E-state index contributed by atoms with van der Waals surface area (Å²) in [5.41, 5.74) is 0. The van der Waals surface area contributed by atoms with Crippen molar-refractivity contribution in [2.45, 2.75) is 26.7 Å². The van der Waals surface area contributed by atoms with E-state index < -0.39 is 5.97 Å². The third-order valence-electron chi connectivity index (χ3n) is 1.78. The van der Waals surface area contributed by atoms with Gasteiger partial charge in [0.05, 0.1) is 5.92 Å². The highest BCUT2D eigenvalue weighted by Crippen LogP contribution is 2.17. The standard InChI is InChI=1S/C9H18O2S/c1-7(2)6-8(9(10)11)4-5-12-3/h7-8H,4-6H2,1-3H3,(H,10,11). The lowest BCUT2D eigenvalue weighted by Crippen LogP contribution is -2.16. The minimum absolute atomic E-state index is 0.141. The van der Waals surface area contributed by atoms with Gasteiger partial charge in [0.2, 0.25) is 0 Å². The van der Waals surface area contributed by atoms with Gasteiger partial charge in [-0.05, 0) is 30.8 Å². The van der Waals surface area contributed by atoms with Crippen LogP contribution in [-0.2, 0) is 4.79 Å². The van der Waals surface area contributed by atoms with Crippen molar-refractivity contribution in [3.63, 3.8) is 0 Å². The molecule has 0 aromatic carbocycles. The van der Waals surface area contributed by atoms with Crippen molar-refractivity contribution in [1.29, 1.82) is 0 Å². The second-order valence-corrected chi connectivity index (χ2v) is 4.43. The molecule has 0 aromatic rings. The van der Waals surface area contributed by atoms with Gasteiger partial charge in [-0.2, -0.15) is 11.8 Å². The fraction of sp³-hybridized carbons (Fsp3) is 0.889. The zero-order chi connectivity index (χ0) is 9.56. The minimum atomic E-state index is -0.641. The fourth-order valence-corrected chi connectivity index (χ4v) is 1.69. The van der Waals surface area contributed by atoms with E-state index in [4.69, 9.17) is 5.11 Å². The molecule has 0 rings (SSSR count). The number of hydrogen-bond donors (Lipinski definition) is 1. The van der Waals surface area contributed by atoms with Crippen molar-refractivity contribution in [2.75, 3.05) is 12.0 Å². The maximum atomic E-state index is 10.7. The molecule has 0 fully saturated rings. The van der Waals surface area contributed by atoms with Crippen LogP contribution < -0.4 is 0 Å². The molecule has 0 radical (unpaired) electrons.